The fourth-order valence-corrected chi connectivity index (χ4v) is 3.96. The third-order valence-electron chi connectivity index (χ3n) is 4.02. The number of thioether (sulfide) groups is 1. The van der Waals surface area contributed by atoms with Crippen LogP contribution in [0.4, 0.5) is 8.78 Å². The van der Waals surface area contributed by atoms with E-state index in [1.807, 2.05) is 0 Å². The minimum absolute atomic E-state index is 0.0789. The zero-order valence-corrected chi connectivity index (χ0v) is 15.5. The van der Waals surface area contributed by atoms with Crippen molar-refractivity contribution in [2.24, 2.45) is 0 Å². The molecule has 2 fully saturated rings. The lowest BCUT2D eigenvalue weighted by Gasteiger charge is -2.28. The second-order valence-electron chi connectivity index (χ2n) is 5.73. The third kappa shape index (κ3) is 5.00. The highest BCUT2D eigenvalue weighted by molar-refractivity contribution is 8.26. The molecular formula is C17H18F2N2O3S2. The summed E-state index contributed by atoms with van der Waals surface area (Å²) < 4.78 is 34.5. The Hall–Kier alpha value is -1.55. The molecule has 2 heterocycles. The number of morpholine rings is 1. The van der Waals surface area contributed by atoms with Crippen molar-refractivity contribution in [2.75, 3.05) is 39.4 Å². The molecule has 0 unspecified atom stereocenters. The molecule has 2 saturated heterocycles. The van der Waals surface area contributed by atoms with Gasteiger partial charge < -0.3 is 9.47 Å². The van der Waals surface area contributed by atoms with E-state index in [1.165, 1.54) is 23.9 Å². The van der Waals surface area contributed by atoms with Crippen LogP contribution in [-0.2, 0) is 9.53 Å². The molecule has 0 atom stereocenters. The molecule has 9 heteroatoms. The predicted molar refractivity (Wildman–Crippen MR) is 100 cm³/mol. The number of nitrogens with zero attached hydrogens (tertiary/aromatic N) is 2. The van der Waals surface area contributed by atoms with E-state index in [0.29, 0.717) is 29.0 Å². The first-order valence-corrected chi connectivity index (χ1v) is 9.36. The summed E-state index contributed by atoms with van der Waals surface area (Å²) in [5.74, 6) is -0.0450. The average Bonchev–Trinajstić information content (AvgIpc) is 2.89. The number of halogens is 2. The number of benzene rings is 1. The Bertz CT molecular complexity index is 692. The summed E-state index contributed by atoms with van der Waals surface area (Å²) in [6.45, 7) is 1.58. The molecule has 0 N–H and O–H groups in total. The topological polar surface area (TPSA) is 42.0 Å². The van der Waals surface area contributed by atoms with E-state index in [2.05, 4.69) is 9.64 Å². The van der Waals surface area contributed by atoms with Crippen molar-refractivity contribution in [2.45, 2.75) is 6.61 Å². The zero-order valence-electron chi connectivity index (χ0n) is 13.9. The lowest BCUT2D eigenvalue weighted by atomic mass is 10.2. The maximum atomic E-state index is 12.6. The van der Waals surface area contributed by atoms with Gasteiger partial charge in [-0.1, -0.05) is 36.1 Å². The van der Waals surface area contributed by atoms with Crippen molar-refractivity contribution in [3.8, 4) is 5.75 Å². The van der Waals surface area contributed by atoms with Crippen molar-refractivity contribution in [3.63, 3.8) is 0 Å². The third-order valence-corrected chi connectivity index (χ3v) is 5.40. The van der Waals surface area contributed by atoms with Crippen LogP contribution in [0, 0.1) is 0 Å². The Labute approximate surface area is 159 Å². The first-order valence-electron chi connectivity index (χ1n) is 8.13. The molecule has 3 rings (SSSR count). The molecule has 2 aliphatic rings. The molecule has 1 aromatic rings. The van der Waals surface area contributed by atoms with Gasteiger partial charge in [-0.05, 0) is 23.8 Å². The van der Waals surface area contributed by atoms with Gasteiger partial charge in [-0.3, -0.25) is 14.6 Å². The molecule has 0 aliphatic carbocycles. The van der Waals surface area contributed by atoms with Crippen LogP contribution >= 0.6 is 24.0 Å². The number of alkyl halides is 2. The van der Waals surface area contributed by atoms with Crippen LogP contribution in [0.1, 0.15) is 5.56 Å². The molecule has 0 spiro atoms. The molecule has 1 amide bonds. The molecule has 26 heavy (non-hydrogen) atoms. The van der Waals surface area contributed by atoms with Gasteiger partial charge in [0.15, 0.2) is 0 Å². The first-order chi connectivity index (χ1) is 12.5. The quantitative estimate of drug-likeness (QED) is 0.540. The van der Waals surface area contributed by atoms with Gasteiger partial charge in [0.2, 0.25) is 0 Å². The van der Waals surface area contributed by atoms with E-state index in [4.69, 9.17) is 17.0 Å². The van der Waals surface area contributed by atoms with Gasteiger partial charge in [-0.2, -0.15) is 8.78 Å². The number of thiocarbonyl (C=S) groups is 1. The molecule has 1 aromatic carbocycles. The van der Waals surface area contributed by atoms with Crippen molar-refractivity contribution in [1.29, 1.82) is 0 Å². The number of ether oxygens (including phenoxy) is 2. The van der Waals surface area contributed by atoms with Gasteiger partial charge in [-0.15, -0.1) is 0 Å². The van der Waals surface area contributed by atoms with Crippen LogP contribution in [0.3, 0.4) is 0 Å². The maximum Gasteiger partial charge on any atom is 0.387 e. The van der Waals surface area contributed by atoms with Gasteiger partial charge in [0, 0.05) is 26.2 Å². The molecule has 140 valence electrons. The molecule has 0 bridgehead atoms. The van der Waals surface area contributed by atoms with E-state index >= 15 is 0 Å². The standard InChI is InChI=1S/C17H18F2N2O3S2/c18-16(19)24-13-3-1-12(2-4-13)11-14-15(22)21(17(25)26-14)6-5-20-7-9-23-10-8-20/h1-4,11,16H,5-10H2. The fraction of sp³-hybridized carbons (Fsp3) is 0.412. The van der Waals surface area contributed by atoms with Crippen molar-refractivity contribution < 1.29 is 23.0 Å². The van der Waals surface area contributed by atoms with Crippen molar-refractivity contribution >= 4 is 40.3 Å². The zero-order chi connectivity index (χ0) is 18.5. The smallest absolute Gasteiger partial charge is 0.387 e. The van der Waals surface area contributed by atoms with Crippen LogP contribution < -0.4 is 4.74 Å². The van der Waals surface area contributed by atoms with Crippen LogP contribution in [0.5, 0.6) is 5.75 Å². The summed E-state index contributed by atoms with van der Waals surface area (Å²) in [6.07, 6.45) is 1.71. The van der Waals surface area contributed by atoms with Gasteiger partial charge in [-0.25, -0.2) is 0 Å². The Kier molecular flexibility index (Phi) is 6.58. The molecule has 0 radical (unpaired) electrons. The van der Waals surface area contributed by atoms with Crippen LogP contribution in [-0.4, -0.2) is 66.0 Å². The van der Waals surface area contributed by atoms with Crippen molar-refractivity contribution in [1.82, 2.24) is 9.80 Å². The summed E-state index contributed by atoms with van der Waals surface area (Å²) in [5, 5.41) is 0. The molecular weight excluding hydrogens is 382 g/mol. The lowest BCUT2D eigenvalue weighted by Crippen LogP contribution is -2.42. The van der Waals surface area contributed by atoms with E-state index in [-0.39, 0.29) is 11.7 Å². The Morgan fingerprint density at radius 1 is 1.23 bits per heavy atom. The van der Waals surface area contributed by atoms with Crippen molar-refractivity contribution in [3.05, 3.63) is 34.7 Å². The summed E-state index contributed by atoms with van der Waals surface area (Å²) in [6, 6.07) is 6.13. The summed E-state index contributed by atoms with van der Waals surface area (Å²) in [7, 11) is 0. The second kappa shape index (κ2) is 8.90. The number of carbonyl (C=O) groups is 1. The minimum Gasteiger partial charge on any atom is -0.435 e. The molecule has 5 nitrogen and oxygen atoms in total. The highest BCUT2D eigenvalue weighted by Gasteiger charge is 2.32. The predicted octanol–water partition coefficient (Wildman–Crippen LogP) is 2.82. The molecule has 0 aromatic heterocycles. The Morgan fingerprint density at radius 3 is 2.58 bits per heavy atom. The number of rotatable bonds is 6. The minimum atomic E-state index is -2.86. The highest BCUT2D eigenvalue weighted by Crippen LogP contribution is 2.32. The maximum absolute atomic E-state index is 12.6. The van der Waals surface area contributed by atoms with E-state index in [9.17, 15) is 13.6 Å². The lowest BCUT2D eigenvalue weighted by molar-refractivity contribution is -0.122. The second-order valence-corrected chi connectivity index (χ2v) is 7.41. The first kappa shape index (κ1) is 19.2. The number of hydrogen-bond acceptors (Lipinski definition) is 6. The van der Waals surface area contributed by atoms with Gasteiger partial charge in [0.1, 0.15) is 10.1 Å². The fourth-order valence-electron chi connectivity index (χ4n) is 2.66. The van der Waals surface area contributed by atoms with Gasteiger partial charge in [0.05, 0.1) is 18.1 Å². The Morgan fingerprint density at radius 2 is 1.92 bits per heavy atom. The van der Waals surface area contributed by atoms with Crippen LogP contribution in [0.25, 0.3) is 6.08 Å². The Balaban J connectivity index is 1.61. The highest BCUT2D eigenvalue weighted by atomic mass is 32.2. The van der Waals surface area contributed by atoms with E-state index in [0.717, 1.165) is 25.2 Å². The SMILES string of the molecule is O=C1C(=Cc2ccc(OC(F)F)cc2)SC(=S)N1CCN1CCOCC1. The molecule has 0 saturated carbocycles. The normalized spacial score (nSPS) is 20.4. The average molecular weight is 400 g/mol. The van der Waals surface area contributed by atoms with E-state index < -0.39 is 6.61 Å². The van der Waals surface area contributed by atoms with Gasteiger partial charge in [0.25, 0.3) is 5.91 Å². The summed E-state index contributed by atoms with van der Waals surface area (Å²) in [4.78, 5) is 17.0. The summed E-state index contributed by atoms with van der Waals surface area (Å²) >= 11 is 6.58. The number of hydrogen-bond donors (Lipinski definition) is 0. The van der Waals surface area contributed by atoms with E-state index in [1.54, 1.807) is 23.1 Å². The largest absolute Gasteiger partial charge is 0.435 e. The molecule has 2 aliphatic heterocycles. The number of amides is 1. The van der Waals surface area contributed by atoms with Gasteiger partial charge >= 0.3 is 6.61 Å². The van der Waals surface area contributed by atoms with Crippen LogP contribution in [0.15, 0.2) is 29.2 Å². The number of carbonyl (C=O) groups excluding carboxylic acids is 1. The summed E-state index contributed by atoms with van der Waals surface area (Å²) in [5.41, 5.74) is 0.722. The van der Waals surface area contributed by atoms with Crippen LogP contribution in [0.2, 0.25) is 0 Å². The monoisotopic (exact) mass is 400 g/mol.